The lowest BCUT2D eigenvalue weighted by molar-refractivity contribution is -0.123. The molecule has 114 valence electrons. The monoisotopic (exact) mass is 305 g/mol. The van der Waals surface area contributed by atoms with E-state index < -0.39 is 5.38 Å². The first kappa shape index (κ1) is 14.9. The number of rotatable bonds is 3. The molecule has 2 nitrogen and oxygen atoms in total. The third-order valence-corrected chi connectivity index (χ3v) is 6.33. The van der Waals surface area contributed by atoms with Crippen molar-refractivity contribution in [1.29, 1.82) is 0 Å². The van der Waals surface area contributed by atoms with Crippen molar-refractivity contribution in [2.75, 3.05) is 0 Å². The summed E-state index contributed by atoms with van der Waals surface area (Å²) in [5, 5.41) is 2.66. The number of carbonyl (C=O) groups excluding carboxylic acids is 1. The van der Waals surface area contributed by atoms with Gasteiger partial charge in [-0.2, -0.15) is 0 Å². The van der Waals surface area contributed by atoms with Gasteiger partial charge in [-0.15, -0.1) is 11.6 Å². The Labute approximate surface area is 132 Å². The normalized spacial score (nSPS) is 34.7. The molecule has 2 aliphatic rings. The van der Waals surface area contributed by atoms with E-state index in [9.17, 15) is 4.79 Å². The Morgan fingerprint density at radius 1 is 1.29 bits per heavy atom. The molecule has 0 heterocycles. The van der Waals surface area contributed by atoms with E-state index >= 15 is 0 Å². The minimum Gasteiger partial charge on any atom is -0.351 e. The Morgan fingerprint density at radius 2 is 1.95 bits per heavy atom. The molecule has 0 radical (unpaired) electrons. The van der Waals surface area contributed by atoms with Crippen LogP contribution in [-0.4, -0.2) is 11.9 Å². The van der Waals surface area contributed by atoms with Crippen LogP contribution in [0.15, 0.2) is 30.3 Å². The van der Waals surface area contributed by atoms with Crippen molar-refractivity contribution in [2.45, 2.75) is 51.5 Å². The van der Waals surface area contributed by atoms with Gasteiger partial charge >= 0.3 is 0 Å². The summed E-state index contributed by atoms with van der Waals surface area (Å²) >= 11 is 6.36. The van der Waals surface area contributed by atoms with Gasteiger partial charge in [0.1, 0.15) is 5.38 Å². The van der Waals surface area contributed by atoms with Gasteiger partial charge in [0.15, 0.2) is 0 Å². The number of amides is 1. The van der Waals surface area contributed by atoms with Crippen molar-refractivity contribution in [3.8, 4) is 0 Å². The zero-order valence-electron chi connectivity index (χ0n) is 13.0. The van der Waals surface area contributed by atoms with E-state index in [1.165, 1.54) is 19.3 Å². The van der Waals surface area contributed by atoms with Crippen LogP contribution in [0.5, 0.6) is 0 Å². The molecule has 3 rings (SSSR count). The molecule has 1 N–H and O–H groups in total. The first-order chi connectivity index (χ1) is 9.84. The second-order valence-electron chi connectivity index (χ2n) is 7.63. The topological polar surface area (TPSA) is 29.1 Å². The van der Waals surface area contributed by atoms with Gasteiger partial charge in [0, 0.05) is 6.04 Å². The molecule has 1 aromatic rings. The van der Waals surface area contributed by atoms with Crippen LogP contribution < -0.4 is 5.32 Å². The Morgan fingerprint density at radius 3 is 2.52 bits per heavy atom. The van der Waals surface area contributed by atoms with E-state index in [1.807, 2.05) is 30.3 Å². The van der Waals surface area contributed by atoms with E-state index in [1.54, 1.807) is 0 Å². The minimum atomic E-state index is -0.607. The molecule has 2 saturated carbocycles. The second kappa shape index (κ2) is 5.01. The second-order valence-corrected chi connectivity index (χ2v) is 8.07. The zero-order chi connectivity index (χ0) is 15.3. The summed E-state index contributed by atoms with van der Waals surface area (Å²) in [6.07, 6.45) is 3.73. The van der Waals surface area contributed by atoms with Crippen molar-refractivity contribution < 1.29 is 4.79 Å². The van der Waals surface area contributed by atoms with E-state index in [2.05, 4.69) is 26.1 Å². The van der Waals surface area contributed by atoms with E-state index in [-0.39, 0.29) is 22.8 Å². The number of hydrogen-bond acceptors (Lipinski definition) is 1. The van der Waals surface area contributed by atoms with Crippen molar-refractivity contribution in [2.24, 2.45) is 16.7 Å². The Balaban J connectivity index is 1.76. The molecular formula is C18H24ClNO. The van der Waals surface area contributed by atoms with Crippen LogP contribution in [0.4, 0.5) is 0 Å². The molecule has 0 aromatic heterocycles. The maximum Gasteiger partial charge on any atom is 0.242 e. The van der Waals surface area contributed by atoms with Crippen LogP contribution in [0.3, 0.4) is 0 Å². The van der Waals surface area contributed by atoms with Crippen molar-refractivity contribution in [3.63, 3.8) is 0 Å². The predicted octanol–water partition coefficient (Wildman–Crippen LogP) is 4.30. The molecule has 2 fully saturated rings. The fourth-order valence-corrected chi connectivity index (χ4v) is 4.86. The van der Waals surface area contributed by atoms with Crippen LogP contribution >= 0.6 is 11.6 Å². The quantitative estimate of drug-likeness (QED) is 0.829. The molecule has 2 aliphatic carbocycles. The summed E-state index contributed by atoms with van der Waals surface area (Å²) in [4.78, 5) is 12.6. The molecule has 4 unspecified atom stereocenters. The fraction of sp³-hybridized carbons (Fsp3) is 0.611. The molecule has 1 amide bonds. The summed E-state index contributed by atoms with van der Waals surface area (Å²) < 4.78 is 0. The lowest BCUT2D eigenvalue weighted by Crippen LogP contribution is -2.53. The fourth-order valence-electron chi connectivity index (χ4n) is 4.65. The molecule has 1 aromatic carbocycles. The van der Waals surface area contributed by atoms with Gasteiger partial charge in [-0.1, -0.05) is 51.1 Å². The maximum atomic E-state index is 12.6. The van der Waals surface area contributed by atoms with Gasteiger partial charge in [-0.05, 0) is 41.6 Å². The van der Waals surface area contributed by atoms with E-state index in [4.69, 9.17) is 11.6 Å². The first-order valence-electron chi connectivity index (χ1n) is 7.84. The van der Waals surface area contributed by atoms with E-state index in [0.29, 0.717) is 0 Å². The standard InChI is InChI=1S/C18H24ClNO/c1-17(2)13-9-10-18(3,11-13)16(17)20-15(21)14(19)12-7-5-4-6-8-12/h4-8,13-14,16H,9-11H2,1-3H3,(H,20,21). The highest BCUT2D eigenvalue weighted by Gasteiger charge is 2.59. The van der Waals surface area contributed by atoms with Gasteiger partial charge < -0.3 is 5.32 Å². The first-order valence-corrected chi connectivity index (χ1v) is 8.28. The maximum absolute atomic E-state index is 12.6. The highest BCUT2D eigenvalue weighted by molar-refractivity contribution is 6.30. The van der Waals surface area contributed by atoms with Crippen LogP contribution in [0.1, 0.15) is 51.0 Å². The molecule has 2 bridgehead atoms. The minimum absolute atomic E-state index is 0.0604. The lowest BCUT2D eigenvalue weighted by Gasteiger charge is -2.43. The Bertz CT molecular complexity index is 537. The van der Waals surface area contributed by atoms with Crippen LogP contribution in [0, 0.1) is 16.7 Å². The highest BCUT2D eigenvalue weighted by atomic mass is 35.5. The predicted molar refractivity (Wildman–Crippen MR) is 86.2 cm³/mol. The summed E-state index contributed by atoms with van der Waals surface area (Å²) in [5.74, 6) is 0.660. The number of benzene rings is 1. The average Bonchev–Trinajstić information content (AvgIpc) is 2.94. The van der Waals surface area contributed by atoms with Crippen molar-refractivity contribution in [3.05, 3.63) is 35.9 Å². The summed E-state index contributed by atoms with van der Waals surface area (Å²) in [6, 6.07) is 9.81. The average molecular weight is 306 g/mol. The van der Waals surface area contributed by atoms with Gasteiger partial charge in [-0.25, -0.2) is 0 Å². The molecule has 0 spiro atoms. The number of fused-ring (bicyclic) bond motifs is 2. The Hall–Kier alpha value is -1.02. The molecular weight excluding hydrogens is 282 g/mol. The molecule has 0 saturated heterocycles. The van der Waals surface area contributed by atoms with Gasteiger partial charge in [0.2, 0.25) is 5.91 Å². The molecule has 4 atom stereocenters. The number of carbonyl (C=O) groups is 1. The zero-order valence-corrected chi connectivity index (χ0v) is 13.8. The number of halogens is 1. The Kier molecular flexibility index (Phi) is 3.56. The smallest absolute Gasteiger partial charge is 0.242 e. The van der Waals surface area contributed by atoms with Crippen LogP contribution in [0.25, 0.3) is 0 Å². The largest absolute Gasteiger partial charge is 0.351 e. The number of alkyl halides is 1. The van der Waals surface area contributed by atoms with E-state index in [0.717, 1.165) is 11.5 Å². The van der Waals surface area contributed by atoms with Crippen molar-refractivity contribution >= 4 is 17.5 Å². The number of nitrogens with one attached hydrogen (secondary N) is 1. The van der Waals surface area contributed by atoms with Crippen LogP contribution in [0.2, 0.25) is 0 Å². The molecule has 0 aliphatic heterocycles. The third kappa shape index (κ3) is 2.38. The SMILES string of the molecule is CC12CCC(C1)C(C)(C)C2NC(=O)C(Cl)c1ccccc1. The number of hydrogen-bond donors (Lipinski definition) is 1. The summed E-state index contributed by atoms with van der Waals surface area (Å²) in [6.45, 7) is 6.90. The van der Waals surface area contributed by atoms with Gasteiger partial charge in [0.05, 0.1) is 0 Å². The third-order valence-electron chi connectivity index (χ3n) is 5.88. The van der Waals surface area contributed by atoms with Gasteiger partial charge in [0.25, 0.3) is 0 Å². The summed E-state index contributed by atoms with van der Waals surface area (Å²) in [7, 11) is 0. The van der Waals surface area contributed by atoms with Gasteiger partial charge in [-0.3, -0.25) is 4.79 Å². The highest BCUT2D eigenvalue weighted by Crippen LogP contribution is 2.62. The van der Waals surface area contributed by atoms with Crippen LogP contribution in [-0.2, 0) is 4.79 Å². The summed E-state index contributed by atoms with van der Waals surface area (Å²) in [5.41, 5.74) is 1.26. The van der Waals surface area contributed by atoms with Crippen molar-refractivity contribution in [1.82, 2.24) is 5.32 Å². The lowest BCUT2D eigenvalue weighted by atomic mass is 9.68. The molecule has 21 heavy (non-hydrogen) atoms. The molecule has 3 heteroatoms.